The quantitative estimate of drug-likeness (QED) is 0.728. The Kier molecular flexibility index (Phi) is 4.94. The van der Waals surface area contributed by atoms with Gasteiger partial charge in [-0.25, -0.2) is 13.1 Å². The second-order valence-corrected chi connectivity index (χ2v) is 8.55. The minimum absolute atomic E-state index is 0.0524. The van der Waals surface area contributed by atoms with Crippen LogP contribution in [0.3, 0.4) is 0 Å². The van der Waals surface area contributed by atoms with Gasteiger partial charge in [0.05, 0.1) is 4.90 Å². The lowest BCUT2D eigenvalue weighted by molar-refractivity contribution is -0.118. The number of nitrogens with one attached hydrogen (secondary N) is 3. The molecule has 132 valence electrons. The van der Waals surface area contributed by atoms with Gasteiger partial charge in [-0.1, -0.05) is 6.92 Å². The Balaban J connectivity index is 1.59. The molecule has 24 heavy (non-hydrogen) atoms. The van der Waals surface area contributed by atoms with Gasteiger partial charge in [0, 0.05) is 18.2 Å². The summed E-state index contributed by atoms with van der Waals surface area (Å²) in [5, 5.41) is 6.25. The number of anilines is 1. The first-order valence-corrected chi connectivity index (χ1v) is 10.1. The molecule has 7 heteroatoms. The van der Waals surface area contributed by atoms with Crippen LogP contribution in [0.2, 0.25) is 0 Å². The van der Waals surface area contributed by atoms with Gasteiger partial charge in [0.1, 0.15) is 0 Å². The standard InChI is InChI=1S/C17H25N3O3S/c1-2-9-19-24(22,23)14-5-3-13(4-6-14)20-16(21)15-12-17(15)7-10-18-11-8-17/h3-6,15,18-19H,2,7-12H2,1H3,(H,20,21). The van der Waals surface area contributed by atoms with E-state index in [1.165, 1.54) is 12.1 Å². The summed E-state index contributed by atoms with van der Waals surface area (Å²) in [7, 11) is -3.46. The van der Waals surface area contributed by atoms with Crippen molar-refractivity contribution in [1.82, 2.24) is 10.0 Å². The van der Waals surface area contributed by atoms with Gasteiger partial charge in [-0.3, -0.25) is 4.79 Å². The zero-order chi connectivity index (χ0) is 17.2. The third-order valence-electron chi connectivity index (χ3n) is 5.08. The number of benzene rings is 1. The van der Waals surface area contributed by atoms with Gasteiger partial charge in [0.15, 0.2) is 0 Å². The monoisotopic (exact) mass is 351 g/mol. The summed E-state index contributed by atoms with van der Waals surface area (Å²) < 4.78 is 26.6. The smallest absolute Gasteiger partial charge is 0.240 e. The summed E-state index contributed by atoms with van der Waals surface area (Å²) in [5.74, 6) is 0.144. The van der Waals surface area contributed by atoms with E-state index in [4.69, 9.17) is 0 Å². The molecule has 3 rings (SSSR count). The van der Waals surface area contributed by atoms with E-state index in [9.17, 15) is 13.2 Å². The fourth-order valence-corrected chi connectivity index (χ4v) is 4.60. The molecule has 1 spiro atoms. The van der Waals surface area contributed by atoms with E-state index in [0.29, 0.717) is 12.2 Å². The SMILES string of the molecule is CCCNS(=O)(=O)c1ccc(NC(=O)C2CC23CCNCC3)cc1. The molecule has 1 atom stereocenters. The van der Waals surface area contributed by atoms with Crippen LogP contribution in [0.4, 0.5) is 5.69 Å². The molecule has 0 radical (unpaired) electrons. The topological polar surface area (TPSA) is 87.3 Å². The minimum Gasteiger partial charge on any atom is -0.326 e. The number of sulfonamides is 1. The molecule has 0 bridgehead atoms. The van der Waals surface area contributed by atoms with Crippen molar-refractivity contribution >= 4 is 21.6 Å². The number of hydrogen-bond donors (Lipinski definition) is 3. The zero-order valence-electron chi connectivity index (χ0n) is 14.0. The molecule has 1 aliphatic carbocycles. The molecule has 2 aliphatic rings. The summed E-state index contributed by atoms with van der Waals surface area (Å²) in [6.07, 6.45) is 3.83. The maximum absolute atomic E-state index is 12.4. The fourth-order valence-electron chi connectivity index (χ4n) is 3.46. The molecule has 2 fully saturated rings. The molecule has 1 heterocycles. The van der Waals surface area contributed by atoms with E-state index < -0.39 is 10.0 Å². The lowest BCUT2D eigenvalue weighted by Crippen LogP contribution is -2.31. The summed E-state index contributed by atoms with van der Waals surface area (Å²) in [5.41, 5.74) is 0.841. The van der Waals surface area contributed by atoms with Crippen molar-refractivity contribution in [3.8, 4) is 0 Å². The van der Waals surface area contributed by atoms with Crippen molar-refractivity contribution in [2.75, 3.05) is 25.0 Å². The third kappa shape index (κ3) is 3.63. The predicted octanol–water partition coefficient (Wildman–Crippen LogP) is 1.70. The van der Waals surface area contributed by atoms with E-state index in [1.54, 1.807) is 12.1 Å². The van der Waals surface area contributed by atoms with Gasteiger partial charge < -0.3 is 10.6 Å². The first-order valence-electron chi connectivity index (χ1n) is 8.58. The van der Waals surface area contributed by atoms with Gasteiger partial charge in [-0.05, 0) is 68.5 Å². The highest BCUT2D eigenvalue weighted by atomic mass is 32.2. The molecule has 0 aromatic heterocycles. The molecule has 1 aromatic carbocycles. The zero-order valence-corrected chi connectivity index (χ0v) is 14.8. The van der Waals surface area contributed by atoms with E-state index in [0.717, 1.165) is 38.8 Å². The summed E-state index contributed by atoms with van der Waals surface area (Å²) in [4.78, 5) is 12.6. The molecule has 3 N–H and O–H groups in total. The maximum Gasteiger partial charge on any atom is 0.240 e. The number of carbonyl (C=O) groups excluding carboxylic acids is 1. The second-order valence-electron chi connectivity index (χ2n) is 6.78. The van der Waals surface area contributed by atoms with Crippen LogP contribution >= 0.6 is 0 Å². The van der Waals surface area contributed by atoms with Crippen LogP contribution in [0.1, 0.15) is 32.6 Å². The van der Waals surface area contributed by atoms with Crippen molar-refractivity contribution < 1.29 is 13.2 Å². The lowest BCUT2D eigenvalue weighted by Gasteiger charge is -2.23. The average molecular weight is 351 g/mol. The molecule has 1 aliphatic heterocycles. The van der Waals surface area contributed by atoms with Crippen LogP contribution in [-0.2, 0) is 14.8 Å². The Morgan fingerprint density at radius 2 is 1.92 bits per heavy atom. The van der Waals surface area contributed by atoms with Gasteiger partial charge in [-0.2, -0.15) is 0 Å². The Morgan fingerprint density at radius 3 is 2.54 bits per heavy atom. The maximum atomic E-state index is 12.4. The Bertz CT molecular complexity index is 694. The second kappa shape index (κ2) is 6.82. The Hall–Kier alpha value is -1.44. The van der Waals surface area contributed by atoms with Gasteiger partial charge in [0.2, 0.25) is 15.9 Å². The van der Waals surface area contributed by atoms with Crippen LogP contribution < -0.4 is 15.4 Å². The van der Waals surface area contributed by atoms with Crippen LogP contribution in [-0.4, -0.2) is 34.0 Å². The highest BCUT2D eigenvalue weighted by Gasteiger charge is 2.57. The summed E-state index contributed by atoms with van der Waals surface area (Å²) in [6.45, 7) is 4.30. The molecule has 1 unspecified atom stereocenters. The van der Waals surface area contributed by atoms with E-state index in [1.807, 2.05) is 6.92 Å². The highest BCUT2D eigenvalue weighted by molar-refractivity contribution is 7.89. The van der Waals surface area contributed by atoms with Crippen molar-refractivity contribution in [3.63, 3.8) is 0 Å². The molecular formula is C17H25N3O3S. The predicted molar refractivity (Wildman–Crippen MR) is 93.2 cm³/mol. The largest absolute Gasteiger partial charge is 0.326 e. The number of piperidine rings is 1. The Labute approximate surface area is 143 Å². The highest BCUT2D eigenvalue weighted by Crippen LogP contribution is 2.58. The van der Waals surface area contributed by atoms with Crippen LogP contribution in [0, 0.1) is 11.3 Å². The van der Waals surface area contributed by atoms with E-state index in [2.05, 4.69) is 15.4 Å². The average Bonchev–Trinajstić information content (AvgIpc) is 3.27. The van der Waals surface area contributed by atoms with Crippen LogP contribution in [0.25, 0.3) is 0 Å². The summed E-state index contributed by atoms with van der Waals surface area (Å²) in [6, 6.07) is 6.35. The molecule has 1 amide bonds. The van der Waals surface area contributed by atoms with Crippen molar-refractivity contribution in [2.45, 2.75) is 37.5 Å². The first-order chi connectivity index (χ1) is 11.5. The molecule has 6 nitrogen and oxygen atoms in total. The lowest BCUT2D eigenvalue weighted by atomic mass is 9.92. The van der Waals surface area contributed by atoms with Gasteiger partial charge in [0.25, 0.3) is 0 Å². The normalized spacial score (nSPS) is 22.3. The minimum atomic E-state index is -3.46. The molecule has 1 aromatic rings. The molecular weight excluding hydrogens is 326 g/mol. The first kappa shape index (κ1) is 17.4. The van der Waals surface area contributed by atoms with Gasteiger partial charge in [-0.15, -0.1) is 0 Å². The Morgan fingerprint density at radius 1 is 1.25 bits per heavy atom. The van der Waals surface area contributed by atoms with Crippen molar-refractivity contribution in [3.05, 3.63) is 24.3 Å². The van der Waals surface area contributed by atoms with Crippen LogP contribution in [0.15, 0.2) is 29.2 Å². The van der Waals surface area contributed by atoms with E-state index in [-0.39, 0.29) is 22.1 Å². The van der Waals surface area contributed by atoms with Crippen LogP contribution in [0.5, 0.6) is 0 Å². The molecule has 1 saturated carbocycles. The number of hydrogen-bond acceptors (Lipinski definition) is 4. The number of amides is 1. The van der Waals surface area contributed by atoms with Crippen molar-refractivity contribution in [2.24, 2.45) is 11.3 Å². The fraction of sp³-hybridized carbons (Fsp3) is 0.588. The van der Waals surface area contributed by atoms with Crippen molar-refractivity contribution in [1.29, 1.82) is 0 Å². The number of carbonyl (C=O) groups is 1. The number of rotatable bonds is 6. The third-order valence-corrected chi connectivity index (χ3v) is 6.56. The molecule has 1 saturated heterocycles. The van der Waals surface area contributed by atoms with E-state index >= 15 is 0 Å². The summed E-state index contributed by atoms with van der Waals surface area (Å²) >= 11 is 0. The van der Waals surface area contributed by atoms with Gasteiger partial charge >= 0.3 is 0 Å².